The molecular weight excluding hydrogens is 276 g/mol. The number of fused-ring (bicyclic) bond motifs is 2. The van der Waals surface area contributed by atoms with Crippen molar-refractivity contribution in [3.63, 3.8) is 0 Å². The van der Waals surface area contributed by atoms with E-state index < -0.39 is 0 Å². The summed E-state index contributed by atoms with van der Waals surface area (Å²) in [4.78, 5) is 4.66. The molecule has 1 aromatic heterocycles. The maximum Gasteiger partial charge on any atom is 0.182 e. The van der Waals surface area contributed by atoms with Crippen LogP contribution in [0.2, 0.25) is 0 Å². The second-order valence-corrected chi connectivity index (χ2v) is 5.12. The van der Waals surface area contributed by atoms with Crippen molar-refractivity contribution in [3.05, 3.63) is 59.8 Å². The molecule has 0 atom stereocenters. The molecule has 108 valence electrons. The average molecular weight is 290 g/mol. The highest BCUT2D eigenvalue weighted by Crippen LogP contribution is 2.30. The first-order valence-corrected chi connectivity index (χ1v) is 7.06. The van der Waals surface area contributed by atoms with Crippen molar-refractivity contribution in [1.82, 2.24) is 15.2 Å². The number of ether oxygens (including phenoxy) is 1. The lowest BCUT2D eigenvalue weighted by molar-refractivity contribution is 0.415. The number of nitrogens with one attached hydrogen (secondary N) is 1. The van der Waals surface area contributed by atoms with Crippen LogP contribution in [-0.4, -0.2) is 22.3 Å². The number of aromatic nitrogens is 3. The van der Waals surface area contributed by atoms with Crippen molar-refractivity contribution in [2.45, 2.75) is 6.42 Å². The van der Waals surface area contributed by atoms with E-state index in [1.165, 1.54) is 5.56 Å². The Hall–Kier alpha value is -2.95. The first-order chi connectivity index (χ1) is 10.8. The Bertz CT molecular complexity index is 830. The molecule has 0 fully saturated rings. The summed E-state index contributed by atoms with van der Waals surface area (Å²) in [5, 5.41) is 11.8. The quantitative estimate of drug-likeness (QED) is 0.614. The fourth-order valence-electron chi connectivity index (χ4n) is 2.55. The zero-order valence-electron chi connectivity index (χ0n) is 12.1. The van der Waals surface area contributed by atoms with Gasteiger partial charge in [-0.05, 0) is 35.9 Å². The number of methoxy groups -OCH3 is 1. The Labute approximate surface area is 128 Å². The molecule has 22 heavy (non-hydrogen) atoms. The van der Waals surface area contributed by atoms with Crippen molar-refractivity contribution in [2.24, 2.45) is 0 Å². The summed E-state index contributed by atoms with van der Waals surface area (Å²) in [6.45, 7) is 0. The van der Waals surface area contributed by atoms with E-state index in [0.717, 1.165) is 34.9 Å². The number of hydrogen-bond donors (Lipinski definition) is 1. The first kappa shape index (κ1) is 12.8. The van der Waals surface area contributed by atoms with Crippen molar-refractivity contribution < 1.29 is 4.74 Å². The smallest absolute Gasteiger partial charge is 0.182 e. The third-order valence-corrected chi connectivity index (χ3v) is 3.74. The number of hydrogen-bond acceptors (Lipinski definition) is 5. The van der Waals surface area contributed by atoms with Gasteiger partial charge in [0.1, 0.15) is 5.75 Å². The number of benzene rings is 2. The Morgan fingerprint density at radius 2 is 1.82 bits per heavy atom. The van der Waals surface area contributed by atoms with Gasteiger partial charge in [0.05, 0.1) is 12.8 Å². The molecule has 0 saturated carbocycles. The monoisotopic (exact) mass is 290 g/mol. The molecule has 0 spiro atoms. The second-order valence-electron chi connectivity index (χ2n) is 5.12. The van der Waals surface area contributed by atoms with Gasteiger partial charge in [-0.2, -0.15) is 0 Å². The number of rotatable bonds is 2. The van der Waals surface area contributed by atoms with Crippen LogP contribution in [0.25, 0.3) is 11.4 Å². The Balaban J connectivity index is 1.70. The third kappa shape index (κ3) is 2.16. The lowest BCUT2D eigenvalue weighted by Gasteiger charge is -2.19. The fraction of sp³-hybridized carbons (Fsp3) is 0.118. The molecule has 5 nitrogen and oxygen atoms in total. The minimum Gasteiger partial charge on any atom is -0.497 e. The van der Waals surface area contributed by atoms with Gasteiger partial charge in [0.25, 0.3) is 0 Å². The van der Waals surface area contributed by atoms with E-state index in [4.69, 9.17) is 4.74 Å². The van der Waals surface area contributed by atoms with Crippen LogP contribution in [0.4, 0.5) is 11.5 Å². The van der Waals surface area contributed by atoms with E-state index in [1.54, 1.807) is 7.11 Å². The van der Waals surface area contributed by atoms with E-state index in [9.17, 15) is 0 Å². The van der Waals surface area contributed by atoms with Crippen LogP contribution in [0.5, 0.6) is 5.75 Å². The van der Waals surface area contributed by atoms with Gasteiger partial charge in [0, 0.05) is 17.7 Å². The first-order valence-electron chi connectivity index (χ1n) is 7.06. The molecule has 0 aliphatic carbocycles. The molecular formula is C17H14N4O. The molecule has 1 aliphatic rings. The molecule has 5 heteroatoms. The van der Waals surface area contributed by atoms with Crippen LogP contribution in [0.15, 0.2) is 48.5 Å². The van der Waals surface area contributed by atoms with E-state index in [0.29, 0.717) is 5.82 Å². The maximum absolute atomic E-state index is 5.17. The van der Waals surface area contributed by atoms with E-state index in [2.05, 4.69) is 26.6 Å². The van der Waals surface area contributed by atoms with Gasteiger partial charge in [0.15, 0.2) is 11.6 Å². The van der Waals surface area contributed by atoms with Gasteiger partial charge in [-0.15, -0.1) is 10.2 Å². The second kappa shape index (κ2) is 5.11. The fourth-order valence-corrected chi connectivity index (χ4v) is 2.55. The Kier molecular flexibility index (Phi) is 2.96. The minimum absolute atomic E-state index is 0.627. The van der Waals surface area contributed by atoms with Crippen LogP contribution >= 0.6 is 0 Å². The zero-order chi connectivity index (χ0) is 14.9. The molecule has 0 amide bonds. The van der Waals surface area contributed by atoms with Crippen molar-refractivity contribution in [1.29, 1.82) is 0 Å². The Morgan fingerprint density at radius 1 is 1.00 bits per heavy atom. The van der Waals surface area contributed by atoms with Crippen LogP contribution in [0.3, 0.4) is 0 Å². The zero-order valence-corrected chi connectivity index (χ0v) is 12.1. The van der Waals surface area contributed by atoms with Gasteiger partial charge in [-0.25, -0.2) is 4.98 Å². The maximum atomic E-state index is 5.17. The van der Waals surface area contributed by atoms with Gasteiger partial charge in [-0.1, -0.05) is 18.2 Å². The molecule has 0 saturated heterocycles. The molecule has 2 heterocycles. The average Bonchev–Trinajstić information content (AvgIpc) is 2.59. The van der Waals surface area contributed by atoms with E-state index in [1.807, 2.05) is 42.5 Å². The molecule has 3 aromatic rings. The molecule has 0 unspecified atom stereocenters. The third-order valence-electron chi connectivity index (χ3n) is 3.74. The van der Waals surface area contributed by atoms with Crippen molar-refractivity contribution >= 4 is 11.5 Å². The van der Waals surface area contributed by atoms with Gasteiger partial charge in [0.2, 0.25) is 0 Å². The van der Waals surface area contributed by atoms with Crippen LogP contribution < -0.4 is 10.1 Å². The van der Waals surface area contributed by atoms with Gasteiger partial charge >= 0.3 is 0 Å². The highest BCUT2D eigenvalue weighted by molar-refractivity contribution is 5.68. The summed E-state index contributed by atoms with van der Waals surface area (Å²) in [5.74, 6) is 2.17. The molecule has 0 radical (unpaired) electrons. The predicted octanol–water partition coefficient (Wildman–Crippen LogP) is 3.20. The summed E-state index contributed by atoms with van der Waals surface area (Å²) in [6, 6.07) is 15.8. The van der Waals surface area contributed by atoms with Crippen LogP contribution in [-0.2, 0) is 6.42 Å². The Morgan fingerprint density at radius 3 is 2.64 bits per heavy atom. The lowest BCUT2D eigenvalue weighted by Crippen LogP contribution is -2.12. The summed E-state index contributed by atoms with van der Waals surface area (Å²) < 4.78 is 5.17. The summed E-state index contributed by atoms with van der Waals surface area (Å²) in [6.07, 6.45) is 0.761. The largest absolute Gasteiger partial charge is 0.497 e. The van der Waals surface area contributed by atoms with Crippen molar-refractivity contribution in [2.75, 3.05) is 12.4 Å². The number of para-hydroxylation sites is 1. The lowest BCUT2D eigenvalue weighted by atomic mass is 10.0. The SMILES string of the molecule is COc1ccc(-c2nnc3c(n2)Cc2ccccc2N3)cc1. The predicted molar refractivity (Wildman–Crippen MR) is 84.3 cm³/mol. The number of anilines is 2. The van der Waals surface area contributed by atoms with Gasteiger partial charge < -0.3 is 10.1 Å². The van der Waals surface area contributed by atoms with E-state index in [-0.39, 0.29) is 0 Å². The van der Waals surface area contributed by atoms with E-state index >= 15 is 0 Å². The minimum atomic E-state index is 0.627. The number of nitrogens with zero attached hydrogens (tertiary/aromatic N) is 3. The highest BCUT2D eigenvalue weighted by atomic mass is 16.5. The van der Waals surface area contributed by atoms with Crippen molar-refractivity contribution in [3.8, 4) is 17.1 Å². The topological polar surface area (TPSA) is 59.9 Å². The molecule has 0 bridgehead atoms. The molecule has 4 rings (SSSR count). The summed E-state index contributed by atoms with van der Waals surface area (Å²) >= 11 is 0. The summed E-state index contributed by atoms with van der Waals surface area (Å²) in [5.41, 5.74) is 4.13. The molecule has 1 N–H and O–H groups in total. The standard InChI is InChI=1S/C17H14N4O/c1-22-13-8-6-11(7-9-13)16-19-15-10-12-4-2-3-5-14(12)18-17(15)21-20-16/h2-9H,10H2,1H3,(H,18,21). The summed E-state index contributed by atoms with van der Waals surface area (Å²) in [7, 11) is 1.65. The highest BCUT2D eigenvalue weighted by Gasteiger charge is 2.18. The van der Waals surface area contributed by atoms with Crippen LogP contribution in [0, 0.1) is 0 Å². The normalized spacial score (nSPS) is 12.0. The van der Waals surface area contributed by atoms with Crippen LogP contribution in [0.1, 0.15) is 11.3 Å². The van der Waals surface area contributed by atoms with Gasteiger partial charge in [-0.3, -0.25) is 0 Å². The molecule has 2 aromatic carbocycles. The molecule has 1 aliphatic heterocycles.